The van der Waals surface area contributed by atoms with Gasteiger partial charge in [0, 0.05) is 5.88 Å². The molecule has 3 rings (SSSR count). The zero-order valence-electron chi connectivity index (χ0n) is 16.2. The largest absolute Gasteiger partial charge is 0.373 e. The minimum Gasteiger partial charge on any atom is -0.373 e. The minimum absolute atomic E-state index is 0.115. The summed E-state index contributed by atoms with van der Waals surface area (Å²) >= 11 is 6.00. The Morgan fingerprint density at radius 3 is 2.12 bits per heavy atom. The van der Waals surface area contributed by atoms with Crippen LogP contribution in [0.2, 0.25) is 6.04 Å². The molecule has 0 N–H and O–H groups in total. The first kappa shape index (κ1) is 20.2. The maximum absolute atomic E-state index is 7.01. The molecule has 0 amide bonds. The van der Waals surface area contributed by atoms with E-state index in [0.29, 0.717) is 18.3 Å². The predicted octanol–water partition coefficient (Wildman–Crippen LogP) is 5.54. The van der Waals surface area contributed by atoms with E-state index in [0.717, 1.165) is 5.88 Å². The summed E-state index contributed by atoms with van der Waals surface area (Å²) < 4.78 is 13.8. The number of halogens is 1. The van der Waals surface area contributed by atoms with Crippen LogP contribution in [-0.2, 0) is 9.47 Å². The Balaban J connectivity index is 1.67. The van der Waals surface area contributed by atoms with E-state index in [1.807, 2.05) is 0 Å². The molecule has 2 nitrogen and oxygen atoms in total. The topological polar surface area (TPSA) is 18.5 Å². The summed E-state index contributed by atoms with van der Waals surface area (Å²) in [7, 11) is -0.323. The number of hydrogen-bond donors (Lipinski definition) is 0. The zero-order chi connectivity index (χ0) is 17.4. The highest BCUT2D eigenvalue weighted by atomic mass is 35.5. The molecular weight excluding hydrogens is 348 g/mol. The average Bonchev–Trinajstić information content (AvgIpc) is 2.66. The van der Waals surface area contributed by atoms with Crippen LogP contribution in [0.3, 0.4) is 0 Å². The van der Waals surface area contributed by atoms with Crippen molar-refractivity contribution in [1.29, 1.82) is 0 Å². The van der Waals surface area contributed by atoms with Crippen molar-refractivity contribution in [1.82, 2.24) is 0 Å². The van der Waals surface area contributed by atoms with E-state index in [9.17, 15) is 0 Å². The van der Waals surface area contributed by atoms with Crippen molar-refractivity contribution >= 4 is 21.1 Å². The normalized spacial score (nSPS) is 33.2. The van der Waals surface area contributed by atoms with Crippen LogP contribution in [-0.4, -0.2) is 38.9 Å². The molecule has 0 aliphatic heterocycles. The smallest absolute Gasteiger partial charge is 0.0831 e. The molecule has 4 heteroatoms. The second-order valence-electron chi connectivity index (χ2n) is 8.72. The van der Waals surface area contributed by atoms with Crippen LogP contribution in [0.1, 0.15) is 96.3 Å². The Hall–Kier alpha value is 0.427. The molecule has 0 spiro atoms. The van der Waals surface area contributed by atoms with E-state index in [1.165, 1.54) is 102 Å². The molecule has 3 aliphatic rings. The van der Waals surface area contributed by atoms with Gasteiger partial charge in [-0.05, 0) is 44.9 Å². The number of ether oxygens (including phenoxy) is 2. The van der Waals surface area contributed by atoms with E-state index in [-0.39, 0.29) is 14.7 Å². The summed E-state index contributed by atoms with van der Waals surface area (Å²) in [6.45, 7) is 0. The third kappa shape index (κ3) is 5.95. The van der Waals surface area contributed by atoms with Crippen LogP contribution < -0.4 is 0 Å². The van der Waals surface area contributed by atoms with Gasteiger partial charge in [-0.2, -0.15) is 0 Å². The second-order valence-corrected chi connectivity index (χ2v) is 11.5. The van der Waals surface area contributed by atoms with Gasteiger partial charge < -0.3 is 9.47 Å². The lowest BCUT2D eigenvalue weighted by Crippen LogP contribution is -2.56. The van der Waals surface area contributed by atoms with Gasteiger partial charge >= 0.3 is 0 Å². The number of rotatable bonds is 8. The summed E-state index contributed by atoms with van der Waals surface area (Å²) in [4.78, 5) is 0. The molecule has 2 unspecified atom stereocenters. The lowest BCUT2D eigenvalue weighted by molar-refractivity contribution is -0.172. The molecule has 0 aromatic rings. The molecule has 3 fully saturated rings. The summed E-state index contributed by atoms with van der Waals surface area (Å²) in [6, 6.07) is 1.32. The van der Waals surface area contributed by atoms with Gasteiger partial charge in [-0.1, -0.05) is 57.4 Å². The van der Waals surface area contributed by atoms with Crippen molar-refractivity contribution in [3.05, 3.63) is 0 Å². The number of alkyl halides is 1. The van der Waals surface area contributed by atoms with Gasteiger partial charge in [0.1, 0.15) is 0 Å². The van der Waals surface area contributed by atoms with E-state index in [1.54, 1.807) is 0 Å². The molecule has 0 saturated heterocycles. The van der Waals surface area contributed by atoms with Crippen LogP contribution in [0.5, 0.6) is 0 Å². The van der Waals surface area contributed by atoms with Gasteiger partial charge in [-0.15, -0.1) is 11.6 Å². The standard InChI is InChI=1S/C21H39ClO2Si/c22-16-9-17-25-21(24-19-12-5-2-6-13-19)15-8-7-14-20(21)23-18-10-3-1-4-11-18/h18-20H,1-17,25H2. The molecule has 146 valence electrons. The van der Waals surface area contributed by atoms with E-state index >= 15 is 0 Å². The third-order valence-corrected chi connectivity index (χ3v) is 9.69. The summed E-state index contributed by atoms with van der Waals surface area (Å²) in [5.74, 6) is 0.806. The van der Waals surface area contributed by atoms with Crippen molar-refractivity contribution in [2.24, 2.45) is 0 Å². The van der Waals surface area contributed by atoms with Crippen molar-refractivity contribution in [2.75, 3.05) is 5.88 Å². The Morgan fingerprint density at radius 2 is 1.44 bits per heavy atom. The molecule has 0 heterocycles. The van der Waals surface area contributed by atoms with Gasteiger partial charge in [0.25, 0.3) is 0 Å². The van der Waals surface area contributed by atoms with E-state index in [4.69, 9.17) is 21.1 Å². The van der Waals surface area contributed by atoms with Gasteiger partial charge in [-0.25, -0.2) is 0 Å². The minimum atomic E-state index is -0.323. The zero-order valence-corrected chi connectivity index (χ0v) is 18.3. The Labute approximate surface area is 162 Å². The molecular formula is C21H39ClO2Si. The molecule has 3 saturated carbocycles. The molecule has 2 atom stereocenters. The second kappa shape index (κ2) is 10.7. The van der Waals surface area contributed by atoms with Crippen molar-refractivity contribution in [3.8, 4) is 0 Å². The average molecular weight is 387 g/mol. The van der Waals surface area contributed by atoms with Gasteiger partial charge in [0.05, 0.1) is 33.1 Å². The maximum atomic E-state index is 7.01. The van der Waals surface area contributed by atoms with Crippen LogP contribution in [0.15, 0.2) is 0 Å². The fraction of sp³-hybridized carbons (Fsp3) is 1.00. The van der Waals surface area contributed by atoms with Crippen LogP contribution >= 0.6 is 11.6 Å². The first-order valence-corrected chi connectivity index (χ1v) is 13.5. The van der Waals surface area contributed by atoms with Crippen molar-refractivity contribution in [2.45, 2.75) is 126 Å². The van der Waals surface area contributed by atoms with Crippen molar-refractivity contribution < 1.29 is 9.47 Å². The number of hydrogen-bond acceptors (Lipinski definition) is 2. The highest BCUT2D eigenvalue weighted by Crippen LogP contribution is 2.39. The van der Waals surface area contributed by atoms with Crippen LogP contribution in [0.25, 0.3) is 0 Å². The Morgan fingerprint density at radius 1 is 0.800 bits per heavy atom. The Kier molecular flexibility index (Phi) is 8.62. The molecule has 0 bridgehead atoms. The highest BCUT2D eigenvalue weighted by Gasteiger charge is 2.44. The predicted molar refractivity (Wildman–Crippen MR) is 110 cm³/mol. The van der Waals surface area contributed by atoms with Crippen LogP contribution in [0.4, 0.5) is 0 Å². The van der Waals surface area contributed by atoms with Gasteiger partial charge in [0.2, 0.25) is 0 Å². The third-order valence-electron chi connectivity index (χ3n) is 6.75. The molecule has 0 aromatic carbocycles. The molecule has 0 radical (unpaired) electrons. The summed E-state index contributed by atoms with van der Waals surface area (Å²) in [5.41, 5.74) is 0. The van der Waals surface area contributed by atoms with E-state index in [2.05, 4.69) is 0 Å². The van der Waals surface area contributed by atoms with Gasteiger partial charge in [-0.3, -0.25) is 0 Å². The first-order valence-electron chi connectivity index (χ1n) is 11.2. The molecule has 0 aromatic heterocycles. The molecule has 3 aliphatic carbocycles. The molecule has 25 heavy (non-hydrogen) atoms. The van der Waals surface area contributed by atoms with Crippen molar-refractivity contribution in [3.63, 3.8) is 0 Å². The quantitative estimate of drug-likeness (QED) is 0.309. The van der Waals surface area contributed by atoms with E-state index < -0.39 is 0 Å². The maximum Gasteiger partial charge on any atom is 0.0831 e. The monoisotopic (exact) mass is 386 g/mol. The fourth-order valence-corrected chi connectivity index (χ4v) is 8.40. The lowest BCUT2D eigenvalue weighted by Gasteiger charge is -2.48. The fourth-order valence-electron chi connectivity index (χ4n) is 5.32. The summed E-state index contributed by atoms with van der Waals surface area (Å²) in [5, 5.41) is 0.115. The van der Waals surface area contributed by atoms with Gasteiger partial charge in [0.15, 0.2) is 0 Å². The lowest BCUT2D eigenvalue weighted by atomic mass is 9.91. The Bertz CT molecular complexity index is 369. The SMILES string of the molecule is ClCCC[SiH2]C1(OC2CCCCC2)CCCCC1OC1CCCCC1. The highest BCUT2D eigenvalue weighted by molar-refractivity contribution is 6.40. The van der Waals surface area contributed by atoms with Crippen LogP contribution in [0, 0.1) is 0 Å². The summed E-state index contributed by atoms with van der Waals surface area (Å²) in [6.07, 6.45) is 21.1. The first-order chi connectivity index (χ1) is 12.3.